The van der Waals surface area contributed by atoms with Gasteiger partial charge in [-0.1, -0.05) is 78.9 Å². The van der Waals surface area contributed by atoms with Crippen molar-refractivity contribution < 1.29 is 28.5 Å². The first-order valence-corrected chi connectivity index (χ1v) is 13.1. The summed E-state index contributed by atoms with van der Waals surface area (Å²) in [6.07, 6.45) is -2.77. The van der Waals surface area contributed by atoms with Crippen molar-refractivity contribution in [2.24, 2.45) is 0 Å². The SMILES string of the molecule is C[C@]1(COCc2ccccc2)O[C@@H](n2cc(F)c(NC(=O)c3ccccc3)nc2=O)[C@@H](O)[C@@H]1OCc1ccccc1. The van der Waals surface area contributed by atoms with Gasteiger partial charge in [0.05, 0.1) is 26.0 Å². The predicted octanol–water partition coefficient (Wildman–Crippen LogP) is 4.09. The molecule has 1 fully saturated rings. The second-order valence-electron chi connectivity index (χ2n) is 9.95. The minimum atomic E-state index is -1.37. The topological polar surface area (TPSA) is 112 Å². The number of amides is 1. The maximum atomic E-state index is 15.1. The largest absolute Gasteiger partial charge is 0.386 e. The number of hydrogen-bond donors (Lipinski definition) is 2. The Balaban J connectivity index is 1.37. The highest BCUT2D eigenvalue weighted by Crippen LogP contribution is 2.39. The zero-order valence-electron chi connectivity index (χ0n) is 22.4. The van der Waals surface area contributed by atoms with Gasteiger partial charge in [-0.3, -0.25) is 9.36 Å². The van der Waals surface area contributed by atoms with Crippen LogP contribution >= 0.6 is 0 Å². The molecule has 4 atom stereocenters. The normalized spacial score (nSPS) is 22.0. The van der Waals surface area contributed by atoms with Crippen molar-refractivity contribution >= 4 is 11.7 Å². The number of ether oxygens (including phenoxy) is 3. The highest BCUT2D eigenvalue weighted by Gasteiger charge is 2.54. The Labute approximate surface area is 236 Å². The van der Waals surface area contributed by atoms with Gasteiger partial charge in [-0.05, 0) is 30.2 Å². The molecule has 0 saturated carbocycles. The van der Waals surface area contributed by atoms with Gasteiger partial charge in [-0.2, -0.15) is 4.98 Å². The Kier molecular flexibility index (Phi) is 8.65. The molecular formula is C31H30FN3O6. The van der Waals surface area contributed by atoms with Crippen molar-refractivity contribution in [2.45, 2.75) is 44.2 Å². The van der Waals surface area contributed by atoms with Gasteiger partial charge in [-0.15, -0.1) is 0 Å². The number of hydrogen-bond acceptors (Lipinski definition) is 7. The van der Waals surface area contributed by atoms with Crippen molar-refractivity contribution in [2.75, 3.05) is 11.9 Å². The van der Waals surface area contributed by atoms with Crippen LogP contribution in [0.1, 0.15) is 34.6 Å². The van der Waals surface area contributed by atoms with E-state index >= 15 is 4.39 Å². The van der Waals surface area contributed by atoms with Crippen LogP contribution in [0.15, 0.2) is 102 Å². The van der Waals surface area contributed by atoms with Gasteiger partial charge >= 0.3 is 5.69 Å². The third kappa shape index (κ3) is 6.58. The van der Waals surface area contributed by atoms with E-state index in [4.69, 9.17) is 14.2 Å². The van der Waals surface area contributed by atoms with E-state index in [2.05, 4.69) is 10.3 Å². The smallest absolute Gasteiger partial charge is 0.351 e. The van der Waals surface area contributed by atoms with E-state index in [0.717, 1.165) is 21.9 Å². The zero-order chi connectivity index (χ0) is 28.8. The van der Waals surface area contributed by atoms with Gasteiger partial charge in [0.2, 0.25) is 0 Å². The molecule has 1 aliphatic rings. The lowest BCUT2D eigenvalue weighted by molar-refractivity contribution is -0.147. The summed E-state index contributed by atoms with van der Waals surface area (Å²) in [5, 5.41) is 13.6. The van der Waals surface area contributed by atoms with E-state index in [1.54, 1.807) is 37.3 Å². The lowest BCUT2D eigenvalue weighted by Gasteiger charge is -2.30. The molecule has 5 rings (SSSR count). The van der Waals surface area contributed by atoms with Gasteiger partial charge in [0.1, 0.15) is 17.8 Å². The van der Waals surface area contributed by atoms with Crippen LogP contribution in [-0.2, 0) is 27.4 Å². The fraction of sp³-hybridized carbons (Fsp3) is 0.258. The first-order chi connectivity index (χ1) is 19.8. The number of halogens is 1. The molecule has 0 radical (unpaired) electrons. The number of nitrogens with zero attached hydrogens (tertiary/aromatic N) is 2. The van der Waals surface area contributed by atoms with Crippen molar-refractivity contribution in [3.63, 3.8) is 0 Å². The average Bonchev–Trinajstić information content (AvgIpc) is 3.24. The monoisotopic (exact) mass is 559 g/mol. The van der Waals surface area contributed by atoms with Crippen LogP contribution in [0.25, 0.3) is 0 Å². The summed E-state index contributed by atoms with van der Waals surface area (Å²) in [5.41, 5.74) is -0.0288. The maximum Gasteiger partial charge on any atom is 0.351 e. The first-order valence-electron chi connectivity index (χ1n) is 13.1. The van der Waals surface area contributed by atoms with Gasteiger partial charge in [-0.25, -0.2) is 9.18 Å². The summed E-state index contributed by atoms with van der Waals surface area (Å²) < 4.78 is 34.2. The summed E-state index contributed by atoms with van der Waals surface area (Å²) in [6, 6.07) is 27.1. The summed E-state index contributed by atoms with van der Waals surface area (Å²) in [4.78, 5) is 29.2. The Hall–Kier alpha value is -4.22. The molecule has 1 saturated heterocycles. The second-order valence-corrected chi connectivity index (χ2v) is 9.95. The summed E-state index contributed by atoms with van der Waals surface area (Å²) in [5.74, 6) is -2.12. The molecule has 0 bridgehead atoms. The number of carbonyl (C=O) groups is 1. The Bertz CT molecular complexity index is 1520. The Morgan fingerprint density at radius 3 is 2.22 bits per heavy atom. The van der Waals surface area contributed by atoms with Gasteiger partial charge in [0.15, 0.2) is 17.9 Å². The number of aliphatic hydroxyl groups is 1. The van der Waals surface area contributed by atoms with Crippen LogP contribution in [0.3, 0.4) is 0 Å². The summed E-state index contributed by atoms with van der Waals surface area (Å²) >= 11 is 0. The number of anilines is 1. The van der Waals surface area contributed by atoms with E-state index in [-0.39, 0.29) is 25.4 Å². The molecule has 0 aliphatic carbocycles. The molecule has 1 amide bonds. The van der Waals surface area contributed by atoms with Crippen LogP contribution in [0.5, 0.6) is 0 Å². The number of benzene rings is 3. The molecule has 2 N–H and O–H groups in total. The van der Waals surface area contributed by atoms with Gasteiger partial charge in [0, 0.05) is 5.56 Å². The van der Waals surface area contributed by atoms with Crippen molar-refractivity contribution in [1.29, 1.82) is 0 Å². The summed E-state index contributed by atoms with van der Waals surface area (Å²) in [7, 11) is 0. The number of nitrogens with one attached hydrogen (secondary N) is 1. The van der Waals surface area contributed by atoms with Crippen LogP contribution in [0.4, 0.5) is 10.2 Å². The minimum Gasteiger partial charge on any atom is -0.386 e. The van der Waals surface area contributed by atoms with Crippen LogP contribution in [-0.4, -0.2) is 45.0 Å². The molecule has 0 unspecified atom stereocenters. The molecular weight excluding hydrogens is 529 g/mol. The second kappa shape index (κ2) is 12.5. The highest BCUT2D eigenvalue weighted by atomic mass is 19.1. The first kappa shape index (κ1) is 28.3. The molecule has 2 heterocycles. The van der Waals surface area contributed by atoms with E-state index in [9.17, 15) is 14.7 Å². The van der Waals surface area contributed by atoms with E-state index in [0.29, 0.717) is 0 Å². The van der Waals surface area contributed by atoms with Crippen molar-refractivity contribution in [3.8, 4) is 0 Å². The maximum absolute atomic E-state index is 15.1. The highest BCUT2D eigenvalue weighted by molar-refractivity contribution is 6.03. The molecule has 0 spiro atoms. The third-order valence-corrected chi connectivity index (χ3v) is 6.82. The number of aromatic nitrogens is 2. The number of carbonyl (C=O) groups excluding carboxylic acids is 1. The van der Waals surface area contributed by atoms with E-state index in [1.807, 2.05) is 60.7 Å². The third-order valence-electron chi connectivity index (χ3n) is 6.82. The van der Waals surface area contributed by atoms with Crippen LogP contribution in [0.2, 0.25) is 0 Å². The molecule has 41 heavy (non-hydrogen) atoms. The van der Waals surface area contributed by atoms with Crippen molar-refractivity contribution in [1.82, 2.24) is 9.55 Å². The molecule has 10 heteroatoms. The molecule has 1 aromatic heterocycles. The predicted molar refractivity (Wildman–Crippen MR) is 149 cm³/mol. The molecule has 4 aromatic rings. The lowest BCUT2D eigenvalue weighted by atomic mass is 9.98. The summed E-state index contributed by atoms with van der Waals surface area (Å²) in [6.45, 7) is 2.18. The van der Waals surface area contributed by atoms with E-state index in [1.165, 1.54) is 0 Å². The molecule has 1 aliphatic heterocycles. The Morgan fingerprint density at radius 2 is 1.59 bits per heavy atom. The minimum absolute atomic E-state index is 0.0186. The van der Waals surface area contributed by atoms with Crippen molar-refractivity contribution in [3.05, 3.63) is 130 Å². The fourth-order valence-corrected chi connectivity index (χ4v) is 4.73. The quantitative estimate of drug-likeness (QED) is 0.301. The zero-order valence-corrected chi connectivity index (χ0v) is 22.4. The van der Waals surface area contributed by atoms with Gasteiger partial charge in [0.25, 0.3) is 5.91 Å². The van der Waals surface area contributed by atoms with Crippen LogP contribution in [0, 0.1) is 5.82 Å². The Morgan fingerprint density at radius 1 is 1.00 bits per heavy atom. The molecule has 212 valence electrons. The van der Waals surface area contributed by atoms with Gasteiger partial charge < -0.3 is 24.6 Å². The average molecular weight is 560 g/mol. The number of aliphatic hydroxyl groups excluding tert-OH is 1. The fourth-order valence-electron chi connectivity index (χ4n) is 4.73. The lowest BCUT2D eigenvalue weighted by Crippen LogP contribution is -2.46. The molecule has 3 aromatic carbocycles. The van der Waals surface area contributed by atoms with Crippen LogP contribution < -0.4 is 11.0 Å². The molecule has 9 nitrogen and oxygen atoms in total. The standard InChI is InChI=1S/C31H30FN3O6/c1-31(20-39-18-21-11-5-2-6-12-21)26(40-19-22-13-7-3-8-14-22)25(36)29(41-31)35-17-24(32)27(34-30(35)38)33-28(37)23-15-9-4-10-16-23/h2-17,25-26,29,36H,18-20H2,1H3,(H,33,34,37,38)/t25-,26-,29+,31+/m0/s1. The van der Waals surface area contributed by atoms with E-state index < -0.39 is 47.3 Å². The number of rotatable bonds is 10.